The van der Waals surface area contributed by atoms with Crippen LogP contribution >= 0.6 is 0 Å². The van der Waals surface area contributed by atoms with E-state index in [0.29, 0.717) is 11.1 Å². The molecule has 0 unspecified atom stereocenters. The molecule has 0 saturated carbocycles. The Morgan fingerprint density at radius 2 is 1.76 bits per heavy atom. The number of aliphatic carboxylic acids is 1. The summed E-state index contributed by atoms with van der Waals surface area (Å²) in [6.45, 7) is 0. The fourth-order valence-electron chi connectivity index (χ4n) is 1.39. The largest absolute Gasteiger partial charge is 0.481 e. The Balaban J connectivity index is 2.81. The number of aliphatic hydroxyl groups excluding tert-OH is 1. The molecule has 0 heterocycles. The van der Waals surface area contributed by atoms with E-state index in [0.717, 1.165) is 0 Å². The molecule has 0 aliphatic carbocycles. The zero-order valence-electron chi connectivity index (χ0n) is 9.75. The molecule has 1 rings (SSSR count). The van der Waals surface area contributed by atoms with E-state index >= 15 is 0 Å². The zero-order valence-corrected chi connectivity index (χ0v) is 9.75. The van der Waals surface area contributed by atoms with Crippen molar-refractivity contribution in [1.29, 1.82) is 0 Å². The fraction of sp³-hybridized carbons (Fsp3) is 0.333. The summed E-state index contributed by atoms with van der Waals surface area (Å²) in [5.74, 6) is -1.20. The number of carboxylic acids is 1. The summed E-state index contributed by atoms with van der Waals surface area (Å²) in [5, 5.41) is 18.1. The van der Waals surface area contributed by atoms with E-state index in [1.165, 1.54) is 4.90 Å². The van der Waals surface area contributed by atoms with Crippen LogP contribution < -0.4 is 0 Å². The second-order valence-electron chi connectivity index (χ2n) is 3.94. The first-order valence-electron chi connectivity index (χ1n) is 5.13. The SMILES string of the molecule is CN(C)C(=O)c1ccc([C@H](O)CC(=O)O)cc1. The average Bonchev–Trinajstić information content (AvgIpc) is 2.27. The third kappa shape index (κ3) is 3.57. The van der Waals surface area contributed by atoms with Crippen molar-refractivity contribution in [3.05, 3.63) is 35.4 Å². The number of rotatable bonds is 4. The topological polar surface area (TPSA) is 77.8 Å². The normalized spacial score (nSPS) is 11.9. The first-order valence-corrected chi connectivity index (χ1v) is 5.13. The van der Waals surface area contributed by atoms with Crippen molar-refractivity contribution in [2.24, 2.45) is 0 Å². The van der Waals surface area contributed by atoms with Gasteiger partial charge >= 0.3 is 5.97 Å². The molecule has 1 amide bonds. The number of aliphatic hydroxyl groups is 1. The molecule has 2 N–H and O–H groups in total. The van der Waals surface area contributed by atoms with E-state index in [4.69, 9.17) is 5.11 Å². The highest BCUT2D eigenvalue weighted by atomic mass is 16.4. The van der Waals surface area contributed by atoms with Gasteiger partial charge in [-0.1, -0.05) is 12.1 Å². The van der Waals surface area contributed by atoms with E-state index in [-0.39, 0.29) is 12.3 Å². The lowest BCUT2D eigenvalue weighted by molar-refractivity contribution is -0.139. The van der Waals surface area contributed by atoms with Crippen LogP contribution in [0.4, 0.5) is 0 Å². The van der Waals surface area contributed by atoms with Gasteiger partial charge in [-0.2, -0.15) is 0 Å². The quantitative estimate of drug-likeness (QED) is 0.815. The van der Waals surface area contributed by atoms with E-state index < -0.39 is 12.1 Å². The summed E-state index contributed by atoms with van der Waals surface area (Å²) in [7, 11) is 3.30. The molecular formula is C12H15NO4. The van der Waals surface area contributed by atoms with E-state index in [1.54, 1.807) is 38.4 Å². The van der Waals surface area contributed by atoms with E-state index in [9.17, 15) is 14.7 Å². The molecule has 0 aliphatic heterocycles. The standard InChI is InChI=1S/C12H15NO4/c1-13(2)12(17)9-5-3-8(4-6-9)10(14)7-11(15)16/h3-6,10,14H,7H2,1-2H3,(H,15,16)/t10-/m1/s1. The lowest BCUT2D eigenvalue weighted by Crippen LogP contribution is -2.21. The molecule has 0 bridgehead atoms. The predicted molar refractivity (Wildman–Crippen MR) is 61.7 cm³/mol. The van der Waals surface area contributed by atoms with Crippen LogP contribution in [0.25, 0.3) is 0 Å². The van der Waals surface area contributed by atoms with Crippen LogP contribution in [0.3, 0.4) is 0 Å². The number of amides is 1. The molecule has 1 aromatic carbocycles. The number of carbonyl (C=O) groups excluding carboxylic acids is 1. The van der Waals surface area contributed by atoms with Gasteiger partial charge in [0.25, 0.3) is 5.91 Å². The van der Waals surface area contributed by atoms with Crippen LogP contribution in [0.2, 0.25) is 0 Å². The number of carboxylic acid groups (broad SMARTS) is 1. The zero-order chi connectivity index (χ0) is 13.0. The molecular weight excluding hydrogens is 222 g/mol. The van der Waals surface area contributed by atoms with Crippen molar-refractivity contribution in [3.8, 4) is 0 Å². The summed E-state index contributed by atoms with van der Waals surface area (Å²) < 4.78 is 0. The molecule has 0 saturated heterocycles. The molecule has 0 spiro atoms. The van der Waals surface area contributed by atoms with Crippen molar-refractivity contribution >= 4 is 11.9 Å². The molecule has 92 valence electrons. The van der Waals surface area contributed by atoms with Gasteiger partial charge in [-0.05, 0) is 17.7 Å². The van der Waals surface area contributed by atoms with Gasteiger partial charge in [-0.25, -0.2) is 0 Å². The Morgan fingerprint density at radius 1 is 1.24 bits per heavy atom. The fourth-order valence-corrected chi connectivity index (χ4v) is 1.39. The monoisotopic (exact) mass is 237 g/mol. The van der Waals surface area contributed by atoms with Gasteiger partial charge in [0.2, 0.25) is 0 Å². The third-order valence-corrected chi connectivity index (χ3v) is 2.32. The van der Waals surface area contributed by atoms with Gasteiger partial charge in [0.05, 0.1) is 12.5 Å². The Bertz CT molecular complexity index is 411. The number of benzene rings is 1. The highest BCUT2D eigenvalue weighted by Gasteiger charge is 2.13. The first kappa shape index (κ1) is 13.2. The van der Waals surface area contributed by atoms with Gasteiger partial charge in [0.15, 0.2) is 0 Å². The smallest absolute Gasteiger partial charge is 0.306 e. The molecule has 0 radical (unpaired) electrons. The second-order valence-corrected chi connectivity index (χ2v) is 3.94. The Labute approximate surface area is 99.3 Å². The second kappa shape index (κ2) is 5.45. The molecule has 0 aliphatic rings. The first-order chi connectivity index (χ1) is 7.91. The van der Waals surface area contributed by atoms with Crippen LogP contribution in [-0.2, 0) is 4.79 Å². The maximum atomic E-state index is 11.6. The van der Waals surface area contributed by atoms with E-state index in [2.05, 4.69) is 0 Å². The lowest BCUT2D eigenvalue weighted by Gasteiger charge is -2.12. The summed E-state index contributed by atoms with van der Waals surface area (Å²) >= 11 is 0. The molecule has 0 aromatic heterocycles. The van der Waals surface area contributed by atoms with Gasteiger partial charge in [0.1, 0.15) is 0 Å². The summed E-state index contributed by atoms with van der Waals surface area (Å²) in [6, 6.07) is 6.26. The predicted octanol–water partition coefficient (Wildman–Crippen LogP) is 0.897. The minimum absolute atomic E-state index is 0.135. The number of nitrogens with zero attached hydrogens (tertiary/aromatic N) is 1. The Kier molecular flexibility index (Phi) is 4.23. The lowest BCUT2D eigenvalue weighted by atomic mass is 10.0. The van der Waals surface area contributed by atoms with Crippen LogP contribution in [-0.4, -0.2) is 41.1 Å². The molecule has 1 aromatic rings. The minimum Gasteiger partial charge on any atom is -0.481 e. The summed E-state index contributed by atoms with van der Waals surface area (Å²) in [5.41, 5.74) is 0.990. The highest BCUT2D eigenvalue weighted by molar-refractivity contribution is 5.93. The summed E-state index contributed by atoms with van der Waals surface area (Å²) in [4.78, 5) is 23.4. The molecule has 0 fully saturated rings. The molecule has 17 heavy (non-hydrogen) atoms. The molecule has 5 nitrogen and oxygen atoms in total. The van der Waals surface area contributed by atoms with Crippen molar-refractivity contribution in [2.45, 2.75) is 12.5 Å². The van der Waals surface area contributed by atoms with Crippen molar-refractivity contribution in [2.75, 3.05) is 14.1 Å². The van der Waals surface area contributed by atoms with Crippen molar-refractivity contribution in [3.63, 3.8) is 0 Å². The maximum absolute atomic E-state index is 11.6. The van der Waals surface area contributed by atoms with Crippen molar-refractivity contribution in [1.82, 2.24) is 4.90 Å². The van der Waals surface area contributed by atoms with Crippen LogP contribution in [0.15, 0.2) is 24.3 Å². The number of hydrogen-bond donors (Lipinski definition) is 2. The van der Waals surface area contributed by atoms with Crippen molar-refractivity contribution < 1.29 is 19.8 Å². The van der Waals surface area contributed by atoms with Gasteiger partial charge in [-0.15, -0.1) is 0 Å². The molecule has 5 heteroatoms. The number of hydrogen-bond acceptors (Lipinski definition) is 3. The van der Waals surface area contributed by atoms with Crippen LogP contribution in [0.5, 0.6) is 0 Å². The Hall–Kier alpha value is -1.88. The van der Waals surface area contributed by atoms with Crippen LogP contribution in [0.1, 0.15) is 28.4 Å². The number of carbonyl (C=O) groups is 2. The molecule has 1 atom stereocenters. The van der Waals surface area contributed by atoms with Gasteiger partial charge in [0, 0.05) is 19.7 Å². The van der Waals surface area contributed by atoms with Crippen LogP contribution in [0, 0.1) is 0 Å². The van der Waals surface area contributed by atoms with E-state index in [1.807, 2.05) is 0 Å². The highest BCUT2D eigenvalue weighted by Crippen LogP contribution is 2.17. The third-order valence-electron chi connectivity index (χ3n) is 2.32. The maximum Gasteiger partial charge on any atom is 0.306 e. The minimum atomic E-state index is -1.06. The summed E-state index contributed by atoms with van der Waals surface area (Å²) in [6.07, 6.45) is -1.39. The van der Waals surface area contributed by atoms with Gasteiger partial charge in [-0.3, -0.25) is 9.59 Å². The average molecular weight is 237 g/mol. The van der Waals surface area contributed by atoms with Gasteiger partial charge < -0.3 is 15.1 Å². The Morgan fingerprint density at radius 3 is 2.18 bits per heavy atom.